The van der Waals surface area contributed by atoms with Crippen molar-refractivity contribution in [2.75, 3.05) is 0 Å². The van der Waals surface area contributed by atoms with Gasteiger partial charge in [0.25, 0.3) is 9.05 Å². The van der Waals surface area contributed by atoms with Gasteiger partial charge in [-0.05, 0) is 12.1 Å². The molecule has 1 rings (SSSR count). The van der Waals surface area contributed by atoms with Crippen LogP contribution >= 0.6 is 22.3 Å². The highest BCUT2D eigenvalue weighted by Gasteiger charge is 2.36. The molecule has 0 saturated heterocycles. The minimum Gasteiger partial charge on any atom is -0.207 e. The number of nitriles is 1. The van der Waals surface area contributed by atoms with Crippen molar-refractivity contribution in [3.05, 3.63) is 28.3 Å². The number of halogens is 5. The maximum Gasteiger partial charge on any atom is 0.417 e. The molecular weight excluding hydrogens is 302 g/mol. The zero-order valence-electron chi connectivity index (χ0n) is 7.72. The van der Waals surface area contributed by atoms with E-state index in [-0.39, 0.29) is 0 Å². The molecule has 92 valence electrons. The van der Waals surface area contributed by atoms with Crippen LogP contribution in [0.15, 0.2) is 17.0 Å². The van der Waals surface area contributed by atoms with Crippen LogP contribution in [-0.4, -0.2) is 8.42 Å². The molecule has 1 aromatic rings. The van der Waals surface area contributed by atoms with Gasteiger partial charge in [0.05, 0.1) is 16.1 Å². The quantitative estimate of drug-likeness (QED) is 0.749. The van der Waals surface area contributed by atoms with E-state index in [1.807, 2.05) is 0 Å². The van der Waals surface area contributed by atoms with E-state index in [0.717, 1.165) is 0 Å². The van der Waals surface area contributed by atoms with Crippen LogP contribution in [0.3, 0.4) is 0 Å². The summed E-state index contributed by atoms with van der Waals surface area (Å²) < 4.78 is 59.5. The molecule has 0 amide bonds. The average Bonchev–Trinajstić information content (AvgIpc) is 2.12. The smallest absolute Gasteiger partial charge is 0.207 e. The molecule has 0 fully saturated rings. The lowest BCUT2D eigenvalue weighted by molar-refractivity contribution is -0.137. The first-order valence-electron chi connectivity index (χ1n) is 3.83. The molecule has 17 heavy (non-hydrogen) atoms. The Labute approximate surface area is 104 Å². The van der Waals surface area contributed by atoms with Crippen molar-refractivity contribution >= 4 is 31.3 Å². The molecule has 0 aliphatic heterocycles. The van der Waals surface area contributed by atoms with Gasteiger partial charge in [-0.15, -0.1) is 0 Å². The number of rotatable bonds is 1. The summed E-state index contributed by atoms with van der Waals surface area (Å²) in [5, 5.41) is 7.48. The topological polar surface area (TPSA) is 57.9 Å². The molecular formula is C8H2Cl2F3NO2S. The highest BCUT2D eigenvalue weighted by Crippen LogP contribution is 2.39. The molecule has 3 nitrogen and oxygen atoms in total. The Morgan fingerprint density at radius 3 is 2.18 bits per heavy atom. The van der Waals surface area contributed by atoms with E-state index in [9.17, 15) is 21.6 Å². The van der Waals surface area contributed by atoms with Gasteiger partial charge in [-0.3, -0.25) is 0 Å². The second-order valence-corrected chi connectivity index (χ2v) is 5.73. The fraction of sp³-hybridized carbons (Fsp3) is 0.125. The van der Waals surface area contributed by atoms with Gasteiger partial charge in [-0.25, -0.2) is 8.42 Å². The third-order valence-corrected chi connectivity index (χ3v) is 3.65. The normalized spacial score (nSPS) is 12.2. The van der Waals surface area contributed by atoms with Gasteiger partial charge in [0.1, 0.15) is 11.0 Å². The predicted octanol–water partition coefficient (Wildman–Crippen LogP) is 3.16. The van der Waals surface area contributed by atoms with Crippen molar-refractivity contribution in [2.45, 2.75) is 11.1 Å². The summed E-state index contributed by atoms with van der Waals surface area (Å²) in [6, 6.07) is 2.62. The maximum atomic E-state index is 12.4. The number of alkyl halides is 3. The van der Waals surface area contributed by atoms with Crippen LogP contribution in [-0.2, 0) is 15.2 Å². The van der Waals surface area contributed by atoms with Crippen LogP contribution in [0.5, 0.6) is 0 Å². The van der Waals surface area contributed by atoms with Crippen LogP contribution in [0.25, 0.3) is 0 Å². The Morgan fingerprint density at radius 2 is 1.82 bits per heavy atom. The highest BCUT2D eigenvalue weighted by atomic mass is 35.7. The fourth-order valence-electron chi connectivity index (χ4n) is 1.10. The summed E-state index contributed by atoms with van der Waals surface area (Å²) >= 11 is 5.33. The van der Waals surface area contributed by atoms with Crippen LogP contribution in [0.4, 0.5) is 13.2 Å². The van der Waals surface area contributed by atoms with Gasteiger partial charge in [-0.1, -0.05) is 11.6 Å². The molecule has 0 atom stereocenters. The summed E-state index contributed by atoms with van der Waals surface area (Å²) in [6.45, 7) is 0. The zero-order valence-corrected chi connectivity index (χ0v) is 10.0. The summed E-state index contributed by atoms with van der Waals surface area (Å²) in [5.74, 6) is 0. The summed E-state index contributed by atoms with van der Waals surface area (Å²) in [7, 11) is 0.398. The van der Waals surface area contributed by atoms with Crippen LogP contribution in [0, 0.1) is 11.3 Å². The molecule has 0 aliphatic rings. The molecule has 0 radical (unpaired) electrons. The number of nitrogens with zero attached hydrogens (tertiary/aromatic N) is 1. The van der Waals surface area contributed by atoms with Gasteiger partial charge >= 0.3 is 6.18 Å². The van der Waals surface area contributed by atoms with Crippen molar-refractivity contribution in [3.8, 4) is 6.07 Å². The van der Waals surface area contributed by atoms with E-state index in [1.165, 1.54) is 6.07 Å². The van der Waals surface area contributed by atoms with Crippen molar-refractivity contribution in [1.29, 1.82) is 5.26 Å². The number of hydrogen-bond donors (Lipinski definition) is 0. The third kappa shape index (κ3) is 2.83. The Hall–Kier alpha value is -0.970. The molecule has 0 heterocycles. The highest BCUT2D eigenvalue weighted by molar-refractivity contribution is 8.13. The standard InChI is InChI=1S/C8H2Cl2F3NO2S/c9-6-5(8(11,12)13)2-1-4(3-14)7(6)17(10,15)16/h1-2H. The Balaban J connectivity index is 3.75. The van der Waals surface area contributed by atoms with Crippen LogP contribution in [0.2, 0.25) is 5.02 Å². The van der Waals surface area contributed by atoms with Gasteiger partial charge in [0, 0.05) is 10.7 Å². The van der Waals surface area contributed by atoms with Gasteiger partial charge in [0.15, 0.2) is 0 Å². The monoisotopic (exact) mass is 303 g/mol. The second kappa shape index (κ2) is 4.37. The molecule has 9 heteroatoms. The van der Waals surface area contributed by atoms with E-state index in [2.05, 4.69) is 0 Å². The molecule has 0 unspecified atom stereocenters. The largest absolute Gasteiger partial charge is 0.417 e. The second-order valence-electron chi connectivity index (χ2n) is 2.85. The van der Waals surface area contributed by atoms with E-state index in [0.29, 0.717) is 12.1 Å². The van der Waals surface area contributed by atoms with Crippen molar-refractivity contribution in [3.63, 3.8) is 0 Å². The molecule has 0 aromatic heterocycles. The Bertz CT molecular complexity index is 604. The lowest BCUT2D eigenvalue weighted by atomic mass is 10.1. The summed E-state index contributed by atoms with van der Waals surface area (Å²) in [5.41, 5.74) is -1.91. The minimum absolute atomic E-state index is 0.520. The Kier molecular flexibility index (Phi) is 3.62. The lowest BCUT2D eigenvalue weighted by Gasteiger charge is -2.11. The number of hydrogen-bond acceptors (Lipinski definition) is 3. The van der Waals surface area contributed by atoms with E-state index < -0.39 is 36.3 Å². The molecule has 1 aromatic carbocycles. The van der Waals surface area contributed by atoms with E-state index >= 15 is 0 Å². The summed E-state index contributed by atoms with van der Waals surface area (Å²) in [6.07, 6.45) is -4.83. The average molecular weight is 304 g/mol. The molecule has 0 aliphatic carbocycles. The van der Waals surface area contributed by atoms with Crippen molar-refractivity contribution < 1.29 is 21.6 Å². The van der Waals surface area contributed by atoms with Crippen molar-refractivity contribution in [1.82, 2.24) is 0 Å². The zero-order chi connectivity index (χ0) is 13.4. The van der Waals surface area contributed by atoms with Crippen LogP contribution in [0.1, 0.15) is 11.1 Å². The SMILES string of the molecule is N#Cc1ccc(C(F)(F)F)c(Cl)c1S(=O)(=O)Cl. The molecule has 0 bridgehead atoms. The van der Waals surface area contributed by atoms with Gasteiger partial charge in [-0.2, -0.15) is 18.4 Å². The first-order chi connectivity index (χ1) is 7.59. The van der Waals surface area contributed by atoms with Crippen LogP contribution < -0.4 is 0 Å². The van der Waals surface area contributed by atoms with E-state index in [1.54, 1.807) is 0 Å². The maximum absolute atomic E-state index is 12.4. The molecule has 0 saturated carbocycles. The number of benzene rings is 1. The first kappa shape index (κ1) is 14.1. The predicted molar refractivity (Wildman–Crippen MR) is 54.2 cm³/mol. The lowest BCUT2D eigenvalue weighted by Crippen LogP contribution is -2.09. The van der Waals surface area contributed by atoms with Gasteiger partial charge < -0.3 is 0 Å². The van der Waals surface area contributed by atoms with E-state index in [4.69, 9.17) is 27.5 Å². The van der Waals surface area contributed by atoms with Gasteiger partial charge in [0.2, 0.25) is 0 Å². The summed E-state index contributed by atoms with van der Waals surface area (Å²) in [4.78, 5) is -1.03. The third-order valence-electron chi connectivity index (χ3n) is 1.77. The molecule has 0 N–H and O–H groups in total. The fourth-order valence-corrected chi connectivity index (χ4v) is 2.98. The minimum atomic E-state index is -4.83. The Morgan fingerprint density at radius 1 is 1.29 bits per heavy atom. The molecule has 0 spiro atoms. The first-order valence-corrected chi connectivity index (χ1v) is 6.52. The van der Waals surface area contributed by atoms with Crippen molar-refractivity contribution in [2.24, 2.45) is 0 Å².